The van der Waals surface area contributed by atoms with Gasteiger partial charge < -0.3 is 0 Å². The van der Waals surface area contributed by atoms with E-state index in [1.165, 1.54) is 43.8 Å². The first kappa shape index (κ1) is 31.7. The van der Waals surface area contributed by atoms with Crippen LogP contribution in [0.2, 0.25) is 10.5 Å². The topological polar surface area (TPSA) is 12.0 Å². The standard InChI is InChI=1S/C17H11.C16H14.C4H10N.2CH3.H4Si.Ti/c1-2-6-14-12(4-1)8-10-17-15-7-3-5-13(15)9-11-16(14)17;1-3-9-15(10-4-1)13-7-8-14-16-11-5-2-6-12-16;1-4(2,3)5;;;;/h1-2,4,6-11H,5H2;1-14H;5H,1-3H3;2*1H3;1H4;/q;;-1;;;;+1. The Labute approximate surface area is 260 Å². The molecular formula is C39H45NSiTi. The largest absolute Gasteiger partial charge is 0.0149 e. The van der Waals surface area contributed by atoms with E-state index in [2.05, 4.69) is 138 Å². The summed E-state index contributed by atoms with van der Waals surface area (Å²) in [7, 11) is 0. The van der Waals surface area contributed by atoms with Crippen LogP contribution in [0.3, 0.4) is 0 Å². The molecule has 0 saturated heterocycles. The van der Waals surface area contributed by atoms with Crippen LogP contribution in [0.25, 0.3) is 39.8 Å². The molecule has 0 spiro atoms. The Morgan fingerprint density at radius 3 is 1.76 bits per heavy atom. The molecular weight excluding hydrogens is 558 g/mol. The van der Waals surface area contributed by atoms with Crippen LogP contribution >= 0.6 is 0 Å². The van der Waals surface area contributed by atoms with Gasteiger partial charge in [-0.15, -0.1) is 0 Å². The van der Waals surface area contributed by atoms with Crippen molar-refractivity contribution in [3.8, 4) is 0 Å². The molecule has 1 N–H and O–H groups in total. The third kappa shape index (κ3) is 7.96. The van der Waals surface area contributed by atoms with Gasteiger partial charge in [-0.25, -0.2) is 0 Å². The van der Waals surface area contributed by atoms with Crippen LogP contribution < -0.4 is 3.80 Å². The zero-order valence-electron chi connectivity index (χ0n) is 25.0. The molecule has 0 bridgehead atoms. The number of nitrogens with one attached hydrogen (secondary N) is 1. The van der Waals surface area contributed by atoms with Crippen molar-refractivity contribution >= 4 is 50.7 Å². The minimum Gasteiger partial charge on any atom is -0.0149 e. The Morgan fingerprint density at radius 1 is 0.619 bits per heavy atom. The summed E-state index contributed by atoms with van der Waals surface area (Å²) in [5.41, 5.74) is 5.57. The zero-order valence-corrected chi connectivity index (χ0v) is 26.5. The van der Waals surface area contributed by atoms with E-state index in [4.69, 9.17) is 0 Å². The fourth-order valence-corrected chi connectivity index (χ4v) is 10.7. The van der Waals surface area contributed by atoms with E-state index >= 15 is 0 Å². The molecule has 3 heteroatoms. The Bertz CT molecular complexity index is 1680. The molecule has 5 aromatic carbocycles. The molecule has 42 heavy (non-hydrogen) atoms. The van der Waals surface area contributed by atoms with E-state index in [-0.39, 0.29) is 16.5 Å². The third-order valence-corrected chi connectivity index (χ3v) is 12.7. The minimum absolute atomic E-state index is 0. The average Bonchev–Trinajstić information content (AvgIpc) is 3.42. The number of benzene rings is 5. The molecule has 0 aromatic heterocycles. The maximum atomic E-state index is 3.97. The van der Waals surface area contributed by atoms with Crippen molar-refractivity contribution in [3.05, 3.63) is 147 Å². The fourth-order valence-electron chi connectivity index (χ4n) is 5.79. The monoisotopic (exact) mass is 603 g/mol. The van der Waals surface area contributed by atoms with Gasteiger partial charge in [0, 0.05) is 0 Å². The van der Waals surface area contributed by atoms with Crippen LogP contribution in [0, 0.1) is 0 Å². The quantitative estimate of drug-likeness (QED) is 0.120. The van der Waals surface area contributed by atoms with E-state index in [1.807, 2.05) is 36.4 Å². The summed E-state index contributed by atoms with van der Waals surface area (Å²) in [5, 5.41) is 10.4. The van der Waals surface area contributed by atoms with Gasteiger partial charge in [-0.3, -0.25) is 0 Å². The third-order valence-electron chi connectivity index (χ3n) is 7.54. The predicted octanol–water partition coefficient (Wildman–Crippen LogP) is 9.40. The van der Waals surface area contributed by atoms with E-state index in [0.29, 0.717) is 0 Å². The van der Waals surface area contributed by atoms with Crippen LogP contribution in [-0.4, -0.2) is 16.5 Å². The van der Waals surface area contributed by atoms with Crippen LogP contribution in [0.4, 0.5) is 0 Å². The van der Waals surface area contributed by atoms with Gasteiger partial charge in [0.25, 0.3) is 0 Å². The van der Waals surface area contributed by atoms with Gasteiger partial charge in [0.1, 0.15) is 0 Å². The van der Waals surface area contributed by atoms with Gasteiger partial charge in [0.2, 0.25) is 0 Å². The Morgan fingerprint density at radius 2 is 1.17 bits per heavy atom. The number of rotatable bonds is 5. The summed E-state index contributed by atoms with van der Waals surface area (Å²) in [6, 6.07) is 38.5. The molecule has 6 rings (SSSR count). The maximum absolute atomic E-state index is 3.97. The molecule has 1 nitrogen and oxygen atoms in total. The Hall–Kier alpha value is -3.27. The second-order valence-corrected chi connectivity index (χ2v) is 18.9. The number of fused-ring (bicyclic) bond motifs is 5. The van der Waals surface area contributed by atoms with Crippen molar-refractivity contribution in [1.29, 1.82) is 0 Å². The van der Waals surface area contributed by atoms with Gasteiger partial charge in [-0.2, -0.15) is 0 Å². The van der Waals surface area contributed by atoms with Crippen molar-refractivity contribution in [1.82, 2.24) is 3.80 Å². The molecule has 0 amide bonds. The summed E-state index contributed by atoms with van der Waals surface area (Å²) in [6.07, 6.45) is 11.9. The molecule has 0 unspecified atom stereocenters. The first-order valence-corrected chi connectivity index (χ1v) is 19.3. The van der Waals surface area contributed by atoms with Gasteiger partial charge in [0.05, 0.1) is 0 Å². The van der Waals surface area contributed by atoms with Gasteiger partial charge in [-0.05, 0) is 22.1 Å². The number of allylic oxidation sites excluding steroid dienone is 3. The van der Waals surface area contributed by atoms with Crippen molar-refractivity contribution in [2.24, 2.45) is 0 Å². The molecule has 5 aromatic rings. The van der Waals surface area contributed by atoms with E-state index in [1.54, 1.807) is 3.88 Å². The second-order valence-electron chi connectivity index (χ2n) is 12.4. The molecule has 0 radical (unpaired) electrons. The van der Waals surface area contributed by atoms with E-state index in [0.717, 1.165) is 6.42 Å². The van der Waals surface area contributed by atoms with Gasteiger partial charge >= 0.3 is 155 Å². The van der Waals surface area contributed by atoms with Crippen LogP contribution in [-0.2, 0) is 23.3 Å². The van der Waals surface area contributed by atoms with Crippen molar-refractivity contribution in [2.45, 2.75) is 43.2 Å². The zero-order chi connectivity index (χ0) is 28.9. The fraction of sp³-hybridized carbons (Fsp3) is 0.179. The van der Waals surface area contributed by atoms with Crippen LogP contribution in [0.5, 0.6) is 0 Å². The summed E-state index contributed by atoms with van der Waals surface area (Å²) < 4.78 is 5.63. The molecule has 0 atom stereocenters. The first-order valence-electron chi connectivity index (χ1n) is 14.6. The molecule has 1 aliphatic carbocycles. The molecule has 0 saturated carbocycles. The predicted molar refractivity (Wildman–Crippen MR) is 190 cm³/mol. The SMILES string of the molecule is C(C=Cc1ccccc1)=Cc1ccccc1.CC(C)(C)[NH][Ti]([CH3])([CH3])[C]1=Cc2c(ccc3c2ccc2ccccc23)C1.[SiH4]. The van der Waals surface area contributed by atoms with Crippen LogP contribution in [0.15, 0.2) is 125 Å². The summed E-state index contributed by atoms with van der Waals surface area (Å²) in [5.74, 6) is 0. The first-order chi connectivity index (χ1) is 19.7. The van der Waals surface area contributed by atoms with Crippen molar-refractivity contribution in [2.75, 3.05) is 0 Å². The summed E-state index contributed by atoms with van der Waals surface area (Å²) in [4.78, 5) is 0. The van der Waals surface area contributed by atoms with Gasteiger partial charge in [0.15, 0.2) is 0 Å². The second kappa shape index (κ2) is 13.8. The molecule has 0 heterocycles. The van der Waals surface area contributed by atoms with Gasteiger partial charge in [-0.1, -0.05) is 85.0 Å². The molecule has 214 valence electrons. The van der Waals surface area contributed by atoms with E-state index in [9.17, 15) is 0 Å². The minimum atomic E-state index is -2.20. The summed E-state index contributed by atoms with van der Waals surface area (Å²) in [6.45, 7) is 6.85. The van der Waals surface area contributed by atoms with Crippen LogP contribution in [0.1, 0.15) is 43.0 Å². The molecule has 1 aliphatic rings. The van der Waals surface area contributed by atoms with Crippen molar-refractivity contribution < 1.29 is 16.8 Å². The molecule has 0 aliphatic heterocycles. The normalized spacial score (nSPS) is 13.1. The maximum Gasteiger partial charge on any atom is -0.0149 e. The molecule has 0 fully saturated rings. The Balaban J connectivity index is 0.000000207. The summed E-state index contributed by atoms with van der Waals surface area (Å²) >= 11 is -2.20. The smallest absolute Gasteiger partial charge is 0.0149 e. The number of hydrogen-bond donors (Lipinski definition) is 1. The van der Waals surface area contributed by atoms with E-state index < -0.39 is 16.8 Å². The van der Waals surface area contributed by atoms with Crippen molar-refractivity contribution in [3.63, 3.8) is 0 Å². The number of hydrogen-bond acceptors (Lipinski definition) is 1. The average molecular weight is 604 g/mol. The Kier molecular flexibility index (Phi) is 10.4.